The number of methoxy groups -OCH3 is 1. The SMILES string of the molecule is COc1cccc(C(O)CN)c1Br. The Hall–Kier alpha value is -0.580. The molecule has 1 unspecified atom stereocenters. The lowest BCUT2D eigenvalue weighted by atomic mass is 10.1. The molecule has 1 aromatic carbocycles. The maximum atomic E-state index is 9.52. The maximum Gasteiger partial charge on any atom is 0.133 e. The van der Waals surface area contributed by atoms with Crippen molar-refractivity contribution in [3.05, 3.63) is 28.2 Å². The van der Waals surface area contributed by atoms with Gasteiger partial charge in [-0.25, -0.2) is 0 Å². The summed E-state index contributed by atoms with van der Waals surface area (Å²) in [5, 5.41) is 9.52. The average molecular weight is 246 g/mol. The zero-order valence-electron chi connectivity index (χ0n) is 7.33. The molecule has 3 nitrogen and oxygen atoms in total. The molecule has 0 radical (unpaired) electrons. The highest BCUT2D eigenvalue weighted by molar-refractivity contribution is 9.10. The molecule has 0 bridgehead atoms. The fourth-order valence-electron chi connectivity index (χ4n) is 1.07. The van der Waals surface area contributed by atoms with Gasteiger partial charge in [0.25, 0.3) is 0 Å². The molecule has 72 valence electrons. The highest BCUT2D eigenvalue weighted by Crippen LogP contribution is 2.31. The van der Waals surface area contributed by atoms with Crippen LogP contribution in [-0.2, 0) is 0 Å². The predicted molar refractivity (Wildman–Crippen MR) is 54.7 cm³/mol. The molecule has 0 saturated carbocycles. The Kier molecular flexibility index (Phi) is 3.71. The van der Waals surface area contributed by atoms with Crippen molar-refractivity contribution < 1.29 is 9.84 Å². The molecule has 0 aliphatic rings. The Balaban J connectivity index is 3.08. The van der Waals surface area contributed by atoms with Crippen LogP contribution in [0.4, 0.5) is 0 Å². The number of nitrogens with two attached hydrogens (primary N) is 1. The largest absolute Gasteiger partial charge is 0.496 e. The summed E-state index contributed by atoms with van der Waals surface area (Å²) >= 11 is 3.34. The molecule has 13 heavy (non-hydrogen) atoms. The van der Waals surface area contributed by atoms with E-state index in [0.717, 1.165) is 10.0 Å². The lowest BCUT2D eigenvalue weighted by molar-refractivity contribution is 0.185. The van der Waals surface area contributed by atoms with Gasteiger partial charge < -0.3 is 15.6 Å². The smallest absolute Gasteiger partial charge is 0.133 e. The normalized spacial score (nSPS) is 12.6. The van der Waals surface area contributed by atoms with E-state index in [9.17, 15) is 5.11 Å². The van der Waals surface area contributed by atoms with Gasteiger partial charge in [-0.3, -0.25) is 0 Å². The average Bonchev–Trinajstić information content (AvgIpc) is 2.17. The number of aliphatic hydroxyl groups excluding tert-OH is 1. The molecular formula is C9H12BrNO2. The van der Waals surface area contributed by atoms with Gasteiger partial charge in [-0.1, -0.05) is 12.1 Å². The third-order valence-corrected chi connectivity index (χ3v) is 2.64. The molecule has 0 spiro atoms. The topological polar surface area (TPSA) is 55.5 Å². The quantitative estimate of drug-likeness (QED) is 0.848. The Morgan fingerprint density at radius 3 is 2.85 bits per heavy atom. The van der Waals surface area contributed by atoms with Crippen molar-refractivity contribution in [2.75, 3.05) is 13.7 Å². The minimum absolute atomic E-state index is 0.200. The van der Waals surface area contributed by atoms with Gasteiger partial charge in [0, 0.05) is 6.54 Å². The van der Waals surface area contributed by atoms with Crippen LogP contribution in [0.5, 0.6) is 5.75 Å². The molecule has 0 fully saturated rings. The Morgan fingerprint density at radius 1 is 1.62 bits per heavy atom. The van der Waals surface area contributed by atoms with E-state index in [0.29, 0.717) is 5.75 Å². The van der Waals surface area contributed by atoms with Crippen molar-refractivity contribution in [3.8, 4) is 5.75 Å². The molecule has 0 amide bonds. The third-order valence-electron chi connectivity index (χ3n) is 1.80. The summed E-state index contributed by atoms with van der Waals surface area (Å²) < 4.78 is 5.84. The molecule has 0 aliphatic carbocycles. The van der Waals surface area contributed by atoms with Crippen molar-refractivity contribution in [2.24, 2.45) is 5.73 Å². The Morgan fingerprint density at radius 2 is 2.31 bits per heavy atom. The van der Waals surface area contributed by atoms with Crippen molar-refractivity contribution >= 4 is 15.9 Å². The highest BCUT2D eigenvalue weighted by Gasteiger charge is 2.12. The van der Waals surface area contributed by atoms with Crippen LogP contribution in [0.1, 0.15) is 11.7 Å². The van der Waals surface area contributed by atoms with Gasteiger partial charge in [-0.15, -0.1) is 0 Å². The van der Waals surface area contributed by atoms with E-state index in [1.165, 1.54) is 0 Å². The molecule has 4 heteroatoms. The summed E-state index contributed by atoms with van der Waals surface area (Å²) in [5.41, 5.74) is 6.10. The van der Waals surface area contributed by atoms with E-state index >= 15 is 0 Å². The van der Waals surface area contributed by atoms with Crippen LogP contribution in [0, 0.1) is 0 Å². The molecule has 0 aromatic heterocycles. The van der Waals surface area contributed by atoms with Crippen LogP contribution in [0.15, 0.2) is 22.7 Å². The number of hydrogen-bond donors (Lipinski definition) is 2. The Bertz CT molecular complexity index is 291. The third kappa shape index (κ3) is 2.21. The minimum atomic E-state index is -0.649. The first-order chi connectivity index (χ1) is 6.20. The first kappa shape index (κ1) is 10.5. The summed E-state index contributed by atoms with van der Waals surface area (Å²) in [4.78, 5) is 0. The van der Waals surface area contributed by atoms with E-state index in [1.807, 2.05) is 18.2 Å². The second-order valence-corrected chi connectivity index (χ2v) is 3.41. The molecule has 1 rings (SSSR count). The zero-order valence-corrected chi connectivity index (χ0v) is 8.91. The standard InChI is InChI=1S/C9H12BrNO2/c1-13-8-4-2-3-6(9(8)10)7(12)5-11/h2-4,7,12H,5,11H2,1H3. The van der Waals surface area contributed by atoms with Gasteiger partial charge in [0.05, 0.1) is 17.7 Å². The van der Waals surface area contributed by atoms with E-state index < -0.39 is 6.10 Å². The fourth-order valence-corrected chi connectivity index (χ4v) is 1.76. The van der Waals surface area contributed by atoms with Gasteiger partial charge in [-0.2, -0.15) is 0 Å². The molecular weight excluding hydrogens is 234 g/mol. The number of ether oxygens (including phenoxy) is 1. The summed E-state index contributed by atoms with van der Waals surface area (Å²) in [6.45, 7) is 0.200. The number of halogens is 1. The molecule has 0 saturated heterocycles. The van der Waals surface area contributed by atoms with Gasteiger partial charge in [0.1, 0.15) is 5.75 Å². The van der Waals surface area contributed by atoms with Gasteiger partial charge in [0.2, 0.25) is 0 Å². The number of aliphatic hydroxyl groups is 1. The van der Waals surface area contributed by atoms with Gasteiger partial charge in [-0.05, 0) is 27.6 Å². The Labute approximate surface area is 85.6 Å². The molecule has 3 N–H and O–H groups in total. The van der Waals surface area contributed by atoms with Crippen LogP contribution in [0.2, 0.25) is 0 Å². The predicted octanol–water partition coefficient (Wildman–Crippen LogP) is 1.45. The minimum Gasteiger partial charge on any atom is -0.496 e. The number of hydrogen-bond acceptors (Lipinski definition) is 3. The van der Waals surface area contributed by atoms with Crippen LogP contribution < -0.4 is 10.5 Å². The summed E-state index contributed by atoms with van der Waals surface area (Å²) in [7, 11) is 1.58. The van der Waals surface area contributed by atoms with Crippen LogP contribution in [0.25, 0.3) is 0 Å². The second kappa shape index (κ2) is 4.60. The first-order valence-electron chi connectivity index (χ1n) is 3.91. The van der Waals surface area contributed by atoms with Crippen LogP contribution in [0.3, 0.4) is 0 Å². The lowest BCUT2D eigenvalue weighted by Gasteiger charge is -2.12. The summed E-state index contributed by atoms with van der Waals surface area (Å²) in [6, 6.07) is 5.44. The maximum absolute atomic E-state index is 9.52. The number of rotatable bonds is 3. The molecule has 0 heterocycles. The number of benzene rings is 1. The molecule has 1 aromatic rings. The van der Waals surface area contributed by atoms with Crippen molar-refractivity contribution in [3.63, 3.8) is 0 Å². The molecule has 0 aliphatic heterocycles. The van der Waals surface area contributed by atoms with Crippen LogP contribution in [-0.4, -0.2) is 18.8 Å². The first-order valence-corrected chi connectivity index (χ1v) is 4.70. The fraction of sp³-hybridized carbons (Fsp3) is 0.333. The van der Waals surface area contributed by atoms with Crippen molar-refractivity contribution in [2.45, 2.75) is 6.10 Å². The van der Waals surface area contributed by atoms with E-state index in [2.05, 4.69) is 15.9 Å². The lowest BCUT2D eigenvalue weighted by Crippen LogP contribution is -2.12. The van der Waals surface area contributed by atoms with Gasteiger partial charge in [0.15, 0.2) is 0 Å². The van der Waals surface area contributed by atoms with E-state index in [1.54, 1.807) is 7.11 Å². The summed E-state index contributed by atoms with van der Waals surface area (Å²) in [6.07, 6.45) is -0.649. The van der Waals surface area contributed by atoms with Crippen molar-refractivity contribution in [1.29, 1.82) is 0 Å². The van der Waals surface area contributed by atoms with E-state index in [-0.39, 0.29) is 6.54 Å². The molecule has 1 atom stereocenters. The zero-order chi connectivity index (χ0) is 9.84. The second-order valence-electron chi connectivity index (χ2n) is 2.61. The highest BCUT2D eigenvalue weighted by atomic mass is 79.9. The van der Waals surface area contributed by atoms with Crippen molar-refractivity contribution in [1.82, 2.24) is 0 Å². The monoisotopic (exact) mass is 245 g/mol. The van der Waals surface area contributed by atoms with Gasteiger partial charge >= 0.3 is 0 Å². The summed E-state index contributed by atoms with van der Waals surface area (Å²) in [5.74, 6) is 0.699. The van der Waals surface area contributed by atoms with Crippen LogP contribution >= 0.6 is 15.9 Å². The van der Waals surface area contributed by atoms with E-state index in [4.69, 9.17) is 10.5 Å².